The molecule has 1 aromatic carbocycles. The van der Waals surface area contributed by atoms with Crippen molar-refractivity contribution in [1.82, 2.24) is 20.4 Å². The Kier molecular flexibility index (Phi) is 6.32. The van der Waals surface area contributed by atoms with E-state index in [4.69, 9.17) is 0 Å². The van der Waals surface area contributed by atoms with Gasteiger partial charge in [-0.15, -0.1) is 0 Å². The molecule has 2 aliphatic heterocycles. The number of likely N-dealkylation sites (tertiary alicyclic amines) is 1. The summed E-state index contributed by atoms with van der Waals surface area (Å²) in [7, 11) is 0. The minimum atomic E-state index is -0.831. The number of nitrogens with one attached hydrogen (secondary N) is 2. The van der Waals surface area contributed by atoms with Gasteiger partial charge in [0.1, 0.15) is 11.6 Å². The first kappa shape index (κ1) is 21.8. The van der Waals surface area contributed by atoms with Crippen molar-refractivity contribution >= 4 is 17.8 Å². The fourth-order valence-corrected chi connectivity index (χ4v) is 5.31. The van der Waals surface area contributed by atoms with Crippen LogP contribution in [0.15, 0.2) is 24.3 Å². The monoisotopic (exact) mass is 426 g/mol. The summed E-state index contributed by atoms with van der Waals surface area (Å²) < 4.78 is 0. The number of urea groups is 1. The summed E-state index contributed by atoms with van der Waals surface area (Å²) in [6, 6.07) is 6.89. The van der Waals surface area contributed by atoms with Gasteiger partial charge in [0.25, 0.3) is 5.91 Å². The summed E-state index contributed by atoms with van der Waals surface area (Å²) in [5.41, 5.74) is 1.50. The Balaban J connectivity index is 1.38. The molecule has 4 rings (SSSR count). The first-order chi connectivity index (χ1) is 14.9. The van der Waals surface area contributed by atoms with Gasteiger partial charge in [-0.25, -0.2) is 9.69 Å². The number of carbonyl (C=O) groups excluding carboxylic acids is 3. The maximum absolute atomic E-state index is 12.9. The molecule has 1 aromatic rings. The lowest BCUT2D eigenvalue weighted by Gasteiger charge is -2.31. The van der Waals surface area contributed by atoms with E-state index in [1.165, 1.54) is 18.4 Å². The van der Waals surface area contributed by atoms with E-state index in [1.54, 1.807) is 6.92 Å². The number of carbonyl (C=O) groups is 3. The molecule has 0 bridgehead atoms. The Labute approximate surface area is 184 Å². The molecule has 1 aliphatic carbocycles. The lowest BCUT2D eigenvalue weighted by Crippen LogP contribution is -2.49. The Hall–Kier alpha value is -2.41. The standard InChI is InChI=1S/C24H34N4O3/c1-17-8-7-13-27(15-17)16-20-10-4-3-9-19(20)14-25-21(29)18(2)28-22(30)24(26-23(28)31)11-5-6-12-24/h3-4,9-10,17-18H,5-8,11-16H2,1-2H3,(H,25,29)(H,26,31). The van der Waals surface area contributed by atoms with Crippen LogP contribution in [0, 0.1) is 5.92 Å². The van der Waals surface area contributed by atoms with Gasteiger partial charge in [-0.2, -0.15) is 0 Å². The molecule has 31 heavy (non-hydrogen) atoms. The van der Waals surface area contributed by atoms with Crippen LogP contribution in [0.1, 0.15) is 63.5 Å². The van der Waals surface area contributed by atoms with Gasteiger partial charge in [0.05, 0.1) is 0 Å². The van der Waals surface area contributed by atoms with Crippen LogP contribution in [-0.4, -0.2) is 52.3 Å². The smallest absolute Gasteiger partial charge is 0.325 e. The molecule has 4 amide bonds. The number of hydrogen-bond donors (Lipinski definition) is 2. The molecular formula is C24H34N4O3. The predicted octanol–water partition coefficient (Wildman–Crippen LogP) is 2.79. The number of piperidine rings is 1. The molecule has 2 unspecified atom stereocenters. The molecular weight excluding hydrogens is 392 g/mol. The highest BCUT2D eigenvalue weighted by Crippen LogP contribution is 2.35. The van der Waals surface area contributed by atoms with Gasteiger partial charge in [-0.1, -0.05) is 44.0 Å². The molecule has 0 aromatic heterocycles. The SMILES string of the molecule is CC1CCCN(Cc2ccccc2CNC(=O)C(C)N2C(=O)NC3(CCCC3)C2=O)C1. The summed E-state index contributed by atoms with van der Waals surface area (Å²) >= 11 is 0. The molecule has 7 nitrogen and oxygen atoms in total. The van der Waals surface area contributed by atoms with Crippen LogP contribution >= 0.6 is 0 Å². The van der Waals surface area contributed by atoms with Crippen LogP contribution < -0.4 is 10.6 Å². The van der Waals surface area contributed by atoms with E-state index in [0.717, 1.165) is 42.9 Å². The lowest BCUT2D eigenvalue weighted by atomic mass is 9.97. The Bertz CT molecular complexity index is 849. The first-order valence-electron chi connectivity index (χ1n) is 11.6. The average molecular weight is 427 g/mol. The lowest BCUT2D eigenvalue weighted by molar-refractivity contribution is -0.137. The van der Waals surface area contributed by atoms with E-state index in [-0.39, 0.29) is 11.8 Å². The maximum Gasteiger partial charge on any atom is 0.325 e. The third kappa shape index (κ3) is 4.47. The second-order valence-corrected chi connectivity index (χ2v) is 9.54. The fraction of sp³-hybridized carbons (Fsp3) is 0.625. The number of rotatable bonds is 6. The highest BCUT2D eigenvalue weighted by Gasteiger charge is 2.54. The van der Waals surface area contributed by atoms with E-state index in [2.05, 4.69) is 28.5 Å². The third-order valence-electron chi connectivity index (χ3n) is 7.12. The van der Waals surface area contributed by atoms with Gasteiger partial charge in [0.15, 0.2) is 0 Å². The number of imide groups is 1. The third-order valence-corrected chi connectivity index (χ3v) is 7.12. The predicted molar refractivity (Wildman–Crippen MR) is 118 cm³/mol. The van der Waals surface area contributed by atoms with Crippen molar-refractivity contribution in [2.75, 3.05) is 13.1 Å². The van der Waals surface area contributed by atoms with E-state index < -0.39 is 17.6 Å². The largest absolute Gasteiger partial charge is 0.350 e. The normalized spacial score (nSPS) is 24.5. The fourth-order valence-electron chi connectivity index (χ4n) is 5.31. The number of amides is 4. The Morgan fingerprint density at radius 3 is 2.61 bits per heavy atom. The molecule has 7 heteroatoms. The van der Waals surface area contributed by atoms with Crippen LogP contribution in [0.4, 0.5) is 4.79 Å². The molecule has 1 saturated carbocycles. The molecule has 2 heterocycles. The van der Waals surface area contributed by atoms with E-state index >= 15 is 0 Å². The topological polar surface area (TPSA) is 81.8 Å². The zero-order valence-electron chi connectivity index (χ0n) is 18.7. The second kappa shape index (κ2) is 8.99. The Morgan fingerprint density at radius 1 is 1.19 bits per heavy atom. The minimum Gasteiger partial charge on any atom is -0.350 e. The van der Waals surface area contributed by atoms with Crippen molar-refractivity contribution < 1.29 is 14.4 Å². The second-order valence-electron chi connectivity index (χ2n) is 9.54. The minimum absolute atomic E-state index is 0.253. The van der Waals surface area contributed by atoms with Crippen LogP contribution in [0.2, 0.25) is 0 Å². The van der Waals surface area contributed by atoms with E-state index in [0.29, 0.717) is 25.3 Å². The van der Waals surface area contributed by atoms with Crippen molar-refractivity contribution in [3.8, 4) is 0 Å². The van der Waals surface area contributed by atoms with Crippen molar-refractivity contribution in [3.05, 3.63) is 35.4 Å². The molecule has 2 saturated heterocycles. The van der Waals surface area contributed by atoms with Crippen molar-refractivity contribution in [3.63, 3.8) is 0 Å². The summed E-state index contributed by atoms with van der Waals surface area (Å²) in [4.78, 5) is 41.8. The van der Waals surface area contributed by atoms with Gasteiger partial charge in [0.2, 0.25) is 5.91 Å². The van der Waals surface area contributed by atoms with E-state index in [1.807, 2.05) is 18.2 Å². The van der Waals surface area contributed by atoms with Crippen molar-refractivity contribution in [2.45, 2.75) is 77.0 Å². The molecule has 2 atom stereocenters. The van der Waals surface area contributed by atoms with Gasteiger partial charge < -0.3 is 10.6 Å². The van der Waals surface area contributed by atoms with E-state index in [9.17, 15) is 14.4 Å². The zero-order chi connectivity index (χ0) is 22.0. The summed E-state index contributed by atoms with van der Waals surface area (Å²) in [6.45, 7) is 7.40. The van der Waals surface area contributed by atoms with Crippen LogP contribution in [0.25, 0.3) is 0 Å². The van der Waals surface area contributed by atoms with Crippen LogP contribution in [-0.2, 0) is 22.7 Å². The van der Waals surface area contributed by atoms with Gasteiger partial charge in [-0.05, 0) is 56.2 Å². The quantitative estimate of drug-likeness (QED) is 0.686. The number of nitrogens with zero attached hydrogens (tertiary/aromatic N) is 2. The van der Waals surface area contributed by atoms with Crippen LogP contribution in [0.3, 0.4) is 0 Å². The first-order valence-corrected chi connectivity index (χ1v) is 11.6. The molecule has 0 radical (unpaired) electrons. The van der Waals surface area contributed by atoms with Crippen LogP contribution in [0.5, 0.6) is 0 Å². The highest BCUT2D eigenvalue weighted by atomic mass is 16.2. The average Bonchev–Trinajstić information content (AvgIpc) is 3.31. The zero-order valence-corrected chi connectivity index (χ0v) is 18.7. The Morgan fingerprint density at radius 2 is 1.90 bits per heavy atom. The number of hydrogen-bond acceptors (Lipinski definition) is 4. The molecule has 3 fully saturated rings. The molecule has 3 aliphatic rings. The van der Waals surface area contributed by atoms with Gasteiger partial charge in [-0.3, -0.25) is 14.5 Å². The summed E-state index contributed by atoms with van der Waals surface area (Å²) in [5, 5.41) is 5.80. The molecule has 1 spiro atoms. The molecule has 2 N–H and O–H groups in total. The summed E-state index contributed by atoms with van der Waals surface area (Å²) in [5.74, 6) is 0.158. The highest BCUT2D eigenvalue weighted by molar-refractivity contribution is 6.09. The van der Waals surface area contributed by atoms with Gasteiger partial charge >= 0.3 is 6.03 Å². The maximum atomic E-state index is 12.9. The van der Waals surface area contributed by atoms with Gasteiger partial charge in [0, 0.05) is 19.6 Å². The number of benzene rings is 1. The molecule has 168 valence electrons. The van der Waals surface area contributed by atoms with Crippen molar-refractivity contribution in [2.24, 2.45) is 5.92 Å². The summed E-state index contributed by atoms with van der Waals surface area (Å²) in [6.07, 6.45) is 5.68. The van der Waals surface area contributed by atoms with Crippen molar-refractivity contribution in [1.29, 1.82) is 0 Å².